The Kier molecular flexibility index (Phi) is 7.45. The van der Waals surface area contributed by atoms with Crippen LogP contribution in [0, 0.1) is 11.8 Å². The summed E-state index contributed by atoms with van der Waals surface area (Å²) in [5, 5.41) is 0. The van der Waals surface area contributed by atoms with Crippen molar-refractivity contribution in [1.29, 1.82) is 0 Å². The van der Waals surface area contributed by atoms with Gasteiger partial charge in [0.05, 0.1) is 18.6 Å². The van der Waals surface area contributed by atoms with Crippen LogP contribution in [0.3, 0.4) is 0 Å². The minimum absolute atomic E-state index is 0.0187. The third kappa shape index (κ3) is 7.05. The van der Waals surface area contributed by atoms with Crippen molar-refractivity contribution in [2.75, 3.05) is 6.61 Å². The van der Waals surface area contributed by atoms with Gasteiger partial charge in [-0.1, -0.05) is 6.58 Å². The number of carbonyl (C=O) groups is 3. The van der Waals surface area contributed by atoms with E-state index in [-0.39, 0.29) is 25.0 Å². The number of carbonyl (C=O) groups excluding carboxylic acids is 3. The molecule has 1 heterocycles. The first kappa shape index (κ1) is 27.9. The molecule has 0 aromatic rings. The molecule has 37 heavy (non-hydrogen) atoms. The van der Waals surface area contributed by atoms with Gasteiger partial charge in [0.1, 0.15) is 23.4 Å². The van der Waals surface area contributed by atoms with Crippen LogP contribution in [-0.4, -0.2) is 59.5 Å². The molecular weight excluding hydrogens is 480 g/mol. The van der Waals surface area contributed by atoms with Gasteiger partial charge in [-0.05, 0) is 85.5 Å². The normalized spacial score (nSPS) is 35.9. The highest BCUT2D eigenvalue weighted by Crippen LogP contribution is 2.60. The monoisotopic (exact) mass is 522 g/mol. The van der Waals surface area contributed by atoms with Gasteiger partial charge in [0.25, 0.3) is 0 Å². The topological polar surface area (TPSA) is 107 Å². The van der Waals surface area contributed by atoms with Crippen LogP contribution in [0.15, 0.2) is 12.2 Å². The summed E-state index contributed by atoms with van der Waals surface area (Å²) in [5.41, 5.74) is -1.51. The Hall–Kier alpha value is -2.13. The van der Waals surface area contributed by atoms with Gasteiger partial charge in [-0.3, -0.25) is 4.79 Å². The quantitative estimate of drug-likeness (QED) is 0.260. The number of hydrogen-bond acceptors (Lipinski definition) is 9. The highest BCUT2D eigenvalue weighted by Gasteiger charge is 2.61. The lowest BCUT2D eigenvalue weighted by molar-refractivity contribution is -0.305. The van der Waals surface area contributed by atoms with Gasteiger partial charge in [0.15, 0.2) is 5.79 Å². The van der Waals surface area contributed by atoms with Crippen molar-refractivity contribution in [1.82, 2.24) is 0 Å². The van der Waals surface area contributed by atoms with Crippen molar-refractivity contribution >= 4 is 18.1 Å². The van der Waals surface area contributed by atoms with Crippen LogP contribution in [0.5, 0.6) is 0 Å². The lowest BCUT2D eigenvalue weighted by Crippen LogP contribution is -2.61. The summed E-state index contributed by atoms with van der Waals surface area (Å²) in [6.07, 6.45) is 3.49. The number of hydrogen-bond donors (Lipinski definition) is 0. The molecule has 0 spiro atoms. The van der Waals surface area contributed by atoms with E-state index in [1.54, 1.807) is 20.8 Å². The lowest BCUT2D eigenvalue weighted by atomic mass is 9.52. The molecule has 5 rings (SSSR count). The van der Waals surface area contributed by atoms with E-state index in [1.165, 1.54) is 0 Å². The van der Waals surface area contributed by atoms with E-state index >= 15 is 0 Å². The predicted molar refractivity (Wildman–Crippen MR) is 132 cm³/mol. The standard InChI is InChI=1S/C28H42O9/c1-17(2)23(30)36-27-11-18-8-19(12-27)14-28(13-18,16-27)37-24(31)32-15-21-9-20(33-26(6,7)34-21)10-22(29)35-25(3,4)5/h18-21H,1,8-16H2,2-7H3. The van der Waals surface area contributed by atoms with Gasteiger partial charge in [-0.25, -0.2) is 9.59 Å². The minimum Gasteiger partial charge on any atom is -0.460 e. The summed E-state index contributed by atoms with van der Waals surface area (Å²) in [7, 11) is 0. The fraction of sp³-hybridized carbons (Fsp3) is 0.821. The highest BCUT2D eigenvalue weighted by atomic mass is 16.8. The SMILES string of the molecule is C=C(C)C(=O)OC12CC3CC(CC(OC(=O)OCC4CC(CC(=O)OC(C)(C)C)OC(C)(C)O4)(C3)C1)C2. The van der Waals surface area contributed by atoms with Gasteiger partial charge in [0, 0.05) is 18.4 Å². The van der Waals surface area contributed by atoms with E-state index in [2.05, 4.69) is 6.58 Å². The van der Waals surface area contributed by atoms with Crippen molar-refractivity contribution in [2.24, 2.45) is 11.8 Å². The molecule has 4 unspecified atom stereocenters. The molecule has 9 heteroatoms. The average Bonchev–Trinajstić information content (AvgIpc) is 2.67. The average molecular weight is 523 g/mol. The molecule has 1 saturated heterocycles. The maximum atomic E-state index is 12.9. The van der Waals surface area contributed by atoms with Crippen molar-refractivity contribution in [3.05, 3.63) is 12.2 Å². The molecule has 4 atom stereocenters. The zero-order valence-electron chi connectivity index (χ0n) is 23.1. The van der Waals surface area contributed by atoms with E-state index in [4.69, 9.17) is 28.4 Å². The van der Waals surface area contributed by atoms with E-state index in [0.717, 1.165) is 32.1 Å². The largest absolute Gasteiger partial charge is 0.508 e. The number of esters is 2. The van der Waals surface area contributed by atoms with Crippen molar-refractivity contribution in [3.8, 4) is 0 Å². The molecule has 5 aliphatic rings. The molecule has 4 saturated carbocycles. The maximum Gasteiger partial charge on any atom is 0.508 e. The second-order valence-corrected chi connectivity index (χ2v) is 13.1. The fourth-order valence-corrected chi connectivity index (χ4v) is 7.00. The summed E-state index contributed by atoms with van der Waals surface area (Å²) in [4.78, 5) is 37.5. The molecule has 4 aliphatic carbocycles. The zero-order valence-corrected chi connectivity index (χ0v) is 23.1. The summed E-state index contributed by atoms with van der Waals surface area (Å²) in [5.74, 6) is -0.986. The second kappa shape index (κ2) is 9.88. The lowest BCUT2D eigenvalue weighted by Gasteiger charge is -2.59. The van der Waals surface area contributed by atoms with Gasteiger partial charge in [0.2, 0.25) is 0 Å². The van der Waals surface area contributed by atoms with Crippen molar-refractivity contribution in [2.45, 2.75) is 128 Å². The summed E-state index contributed by atoms with van der Waals surface area (Å²) < 4.78 is 34.7. The number of rotatable bonds is 7. The first-order valence-corrected chi connectivity index (χ1v) is 13.4. The molecular formula is C28H42O9. The van der Waals surface area contributed by atoms with Crippen molar-refractivity contribution in [3.63, 3.8) is 0 Å². The zero-order chi connectivity index (χ0) is 27.2. The van der Waals surface area contributed by atoms with Gasteiger partial charge in [-0.2, -0.15) is 0 Å². The van der Waals surface area contributed by atoms with Crippen LogP contribution in [0.2, 0.25) is 0 Å². The molecule has 9 nitrogen and oxygen atoms in total. The molecule has 0 N–H and O–H groups in total. The molecule has 0 aromatic heterocycles. The van der Waals surface area contributed by atoms with Gasteiger partial charge >= 0.3 is 18.1 Å². The van der Waals surface area contributed by atoms with Gasteiger partial charge < -0.3 is 28.4 Å². The Morgan fingerprint density at radius 1 is 0.919 bits per heavy atom. The van der Waals surface area contributed by atoms with Crippen LogP contribution < -0.4 is 0 Å². The molecule has 0 aromatic carbocycles. The summed E-state index contributed by atoms with van der Waals surface area (Å²) in [6.45, 7) is 14.3. The number of ether oxygens (including phenoxy) is 6. The molecule has 5 fully saturated rings. The first-order chi connectivity index (χ1) is 17.0. The Morgan fingerprint density at radius 2 is 1.49 bits per heavy atom. The van der Waals surface area contributed by atoms with E-state index in [1.807, 2.05) is 20.8 Å². The summed E-state index contributed by atoms with van der Waals surface area (Å²) >= 11 is 0. The van der Waals surface area contributed by atoms with Gasteiger partial charge in [-0.15, -0.1) is 0 Å². The maximum absolute atomic E-state index is 12.9. The van der Waals surface area contributed by atoms with Crippen LogP contribution in [0.4, 0.5) is 4.79 Å². The summed E-state index contributed by atoms with van der Waals surface area (Å²) in [6, 6.07) is 0. The van der Waals surface area contributed by atoms with Crippen LogP contribution in [-0.2, 0) is 38.0 Å². The third-order valence-corrected chi connectivity index (χ3v) is 7.54. The van der Waals surface area contributed by atoms with Crippen LogP contribution in [0.1, 0.15) is 92.9 Å². The Labute approximate surface area is 219 Å². The first-order valence-electron chi connectivity index (χ1n) is 13.4. The molecule has 1 aliphatic heterocycles. The van der Waals surface area contributed by atoms with E-state index in [0.29, 0.717) is 30.3 Å². The Balaban J connectivity index is 1.33. The van der Waals surface area contributed by atoms with E-state index in [9.17, 15) is 14.4 Å². The third-order valence-electron chi connectivity index (χ3n) is 7.54. The fourth-order valence-electron chi connectivity index (χ4n) is 7.00. The predicted octanol–water partition coefficient (Wildman–Crippen LogP) is 4.99. The molecule has 0 radical (unpaired) electrons. The molecule has 0 amide bonds. The second-order valence-electron chi connectivity index (χ2n) is 13.1. The van der Waals surface area contributed by atoms with E-state index < -0.39 is 41.0 Å². The Morgan fingerprint density at radius 3 is 2.05 bits per heavy atom. The smallest absolute Gasteiger partial charge is 0.460 e. The van der Waals surface area contributed by atoms with Crippen LogP contribution >= 0.6 is 0 Å². The highest BCUT2D eigenvalue weighted by molar-refractivity contribution is 5.87. The minimum atomic E-state index is -0.942. The van der Waals surface area contributed by atoms with Crippen molar-refractivity contribution < 1.29 is 42.8 Å². The molecule has 4 bridgehead atoms. The Bertz CT molecular complexity index is 916. The molecule has 208 valence electrons. The van der Waals surface area contributed by atoms with Crippen LogP contribution in [0.25, 0.3) is 0 Å².